The molecular weight excluding hydrogens is 340 g/mol. The van der Waals surface area contributed by atoms with E-state index in [2.05, 4.69) is 22.0 Å². The van der Waals surface area contributed by atoms with E-state index in [0.717, 1.165) is 22.0 Å². The van der Waals surface area contributed by atoms with Crippen molar-refractivity contribution in [2.45, 2.75) is 26.4 Å². The maximum Gasteiger partial charge on any atom is 0.338 e. The third kappa shape index (κ3) is 4.57. The maximum atomic E-state index is 12.2. The van der Waals surface area contributed by atoms with Crippen LogP contribution in [0.5, 0.6) is 0 Å². The Morgan fingerprint density at radius 3 is 2.36 bits per heavy atom. The van der Waals surface area contributed by atoms with Gasteiger partial charge in [0.25, 0.3) is 0 Å². The highest BCUT2D eigenvalue weighted by Gasteiger charge is 2.16. The van der Waals surface area contributed by atoms with Crippen molar-refractivity contribution in [3.05, 3.63) is 75.8 Å². The fraction of sp³-hybridized carbons (Fsp3) is 0.211. The number of hydrogen-bond donors (Lipinski definition) is 0. The van der Waals surface area contributed by atoms with Gasteiger partial charge < -0.3 is 4.74 Å². The summed E-state index contributed by atoms with van der Waals surface area (Å²) in [6, 6.07) is 17.2. The molecule has 0 radical (unpaired) electrons. The van der Waals surface area contributed by atoms with Gasteiger partial charge in [-0.05, 0) is 48.7 Å². The van der Waals surface area contributed by atoms with Crippen molar-refractivity contribution in [2.75, 3.05) is 0 Å². The molecule has 0 saturated heterocycles. The molecule has 22 heavy (non-hydrogen) atoms. The normalized spacial score (nSPS) is 12.8. The third-order valence-electron chi connectivity index (χ3n) is 3.40. The molecule has 0 aliphatic carbocycles. The van der Waals surface area contributed by atoms with Crippen LogP contribution < -0.4 is 0 Å². The lowest BCUT2D eigenvalue weighted by atomic mass is 10.1. The fourth-order valence-electron chi connectivity index (χ4n) is 2.19. The summed E-state index contributed by atoms with van der Waals surface area (Å²) in [4.78, 5) is 12.2. The summed E-state index contributed by atoms with van der Waals surface area (Å²) in [5.41, 5.74) is 2.71. The number of carbonyl (C=O) groups is 1. The number of rotatable bonds is 5. The number of esters is 1. The first-order valence-electron chi connectivity index (χ1n) is 7.30. The van der Waals surface area contributed by atoms with E-state index in [9.17, 15) is 4.79 Å². The lowest BCUT2D eigenvalue weighted by Gasteiger charge is -2.17. The van der Waals surface area contributed by atoms with Crippen LogP contribution in [0, 0.1) is 0 Å². The van der Waals surface area contributed by atoms with Crippen molar-refractivity contribution < 1.29 is 9.53 Å². The minimum absolute atomic E-state index is 0.212. The molecule has 1 atom stereocenters. The zero-order valence-corrected chi connectivity index (χ0v) is 14.3. The molecule has 2 rings (SSSR count). The fourth-order valence-corrected chi connectivity index (χ4v) is 2.45. The van der Waals surface area contributed by atoms with Gasteiger partial charge in [-0.3, -0.25) is 0 Å². The van der Waals surface area contributed by atoms with Crippen LogP contribution in [0.3, 0.4) is 0 Å². The molecule has 2 aromatic rings. The quantitative estimate of drug-likeness (QED) is 0.660. The largest absolute Gasteiger partial charge is 0.454 e. The van der Waals surface area contributed by atoms with Crippen molar-refractivity contribution in [2.24, 2.45) is 0 Å². The van der Waals surface area contributed by atoms with Gasteiger partial charge in [-0.25, -0.2) is 4.79 Å². The maximum absolute atomic E-state index is 12.2. The summed E-state index contributed by atoms with van der Waals surface area (Å²) < 4.78 is 6.58. The summed E-state index contributed by atoms with van der Waals surface area (Å²) in [6.45, 7) is 4.01. The molecule has 0 fully saturated rings. The Hall–Kier alpha value is -1.87. The minimum Gasteiger partial charge on any atom is -0.454 e. The van der Waals surface area contributed by atoms with Crippen LogP contribution in [0.4, 0.5) is 0 Å². The lowest BCUT2D eigenvalue weighted by molar-refractivity contribution is 0.0369. The second-order valence-electron chi connectivity index (χ2n) is 5.11. The van der Waals surface area contributed by atoms with Crippen LogP contribution in [-0.4, -0.2) is 12.1 Å². The van der Waals surface area contributed by atoms with E-state index in [0.29, 0.717) is 5.56 Å². The molecular formula is C19H19BrO2. The van der Waals surface area contributed by atoms with Crippen LogP contribution in [0.1, 0.15) is 36.2 Å². The number of ether oxygens (including phenoxy) is 1. The highest BCUT2D eigenvalue weighted by atomic mass is 79.9. The molecule has 0 N–H and O–H groups in total. The first-order chi connectivity index (χ1) is 10.6. The Morgan fingerprint density at radius 1 is 1.14 bits per heavy atom. The van der Waals surface area contributed by atoms with Gasteiger partial charge >= 0.3 is 5.97 Å². The molecule has 3 heteroatoms. The van der Waals surface area contributed by atoms with E-state index in [4.69, 9.17) is 4.74 Å². The van der Waals surface area contributed by atoms with Gasteiger partial charge in [-0.2, -0.15) is 0 Å². The van der Waals surface area contributed by atoms with Crippen molar-refractivity contribution in [1.29, 1.82) is 0 Å². The van der Waals surface area contributed by atoms with E-state index >= 15 is 0 Å². The molecule has 0 spiro atoms. The number of hydrogen-bond acceptors (Lipinski definition) is 2. The van der Waals surface area contributed by atoms with Crippen LogP contribution in [0.15, 0.2) is 64.6 Å². The van der Waals surface area contributed by atoms with E-state index in [1.165, 1.54) is 0 Å². The summed E-state index contributed by atoms with van der Waals surface area (Å²) >= 11 is 3.36. The van der Waals surface area contributed by atoms with Crippen LogP contribution in [0.2, 0.25) is 0 Å². The Bertz CT molecular complexity index is 645. The molecule has 0 bridgehead atoms. The minimum atomic E-state index is -0.292. The first-order valence-corrected chi connectivity index (χ1v) is 8.09. The average Bonchev–Trinajstić information content (AvgIpc) is 2.53. The molecule has 0 amide bonds. The first kappa shape index (κ1) is 16.5. The molecule has 0 saturated carbocycles. The predicted octanol–water partition coefficient (Wildman–Crippen LogP) is 5.49. The Balaban J connectivity index is 2.10. The predicted molar refractivity (Wildman–Crippen MR) is 93.7 cm³/mol. The molecule has 2 nitrogen and oxygen atoms in total. The van der Waals surface area contributed by atoms with Gasteiger partial charge in [0.2, 0.25) is 0 Å². The molecule has 0 aromatic heterocycles. The van der Waals surface area contributed by atoms with Crippen molar-refractivity contribution in [3.8, 4) is 0 Å². The van der Waals surface area contributed by atoms with Crippen molar-refractivity contribution in [3.63, 3.8) is 0 Å². The lowest BCUT2D eigenvalue weighted by Crippen LogP contribution is -2.18. The zero-order valence-electron chi connectivity index (χ0n) is 12.8. The van der Waals surface area contributed by atoms with Crippen molar-refractivity contribution in [1.82, 2.24) is 0 Å². The molecule has 0 unspecified atom stereocenters. The van der Waals surface area contributed by atoms with Gasteiger partial charge in [0.1, 0.15) is 6.10 Å². The highest BCUT2D eigenvalue weighted by molar-refractivity contribution is 9.10. The Kier molecular flexibility index (Phi) is 5.96. The van der Waals surface area contributed by atoms with Gasteiger partial charge in [-0.1, -0.05) is 59.3 Å². The molecule has 2 aromatic carbocycles. The molecule has 114 valence electrons. The number of carbonyl (C=O) groups excluding carboxylic acids is 1. The summed E-state index contributed by atoms with van der Waals surface area (Å²) in [5, 5.41) is 0. The SMILES string of the molecule is CC[C@@H](OC(=O)c1ccc(Br)cc1)/C(C)=C/c1ccccc1. The van der Waals surface area contributed by atoms with Crippen LogP contribution in [-0.2, 0) is 4.74 Å². The molecule has 0 heterocycles. The van der Waals surface area contributed by atoms with Gasteiger partial charge in [-0.15, -0.1) is 0 Å². The second-order valence-corrected chi connectivity index (χ2v) is 6.02. The molecule has 0 aliphatic heterocycles. The second kappa shape index (κ2) is 7.95. The van der Waals surface area contributed by atoms with Crippen molar-refractivity contribution >= 4 is 28.0 Å². The third-order valence-corrected chi connectivity index (χ3v) is 3.93. The molecule has 0 aliphatic rings. The topological polar surface area (TPSA) is 26.3 Å². The van der Waals surface area contributed by atoms with E-state index < -0.39 is 0 Å². The van der Waals surface area contributed by atoms with Gasteiger partial charge in [0.05, 0.1) is 5.56 Å². The summed E-state index contributed by atoms with van der Waals surface area (Å²) in [6.07, 6.45) is 2.59. The number of benzene rings is 2. The highest BCUT2D eigenvalue weighted by Crippen LogP contribution is 2.18. The van der Waals surface area contributed by atoms with E-state index in [-0.39, 0.29) is 12.1 Å². The Morgan fingerprint density at radius 2 is 1.77 bits per heavy atom. The standard InChI is InChI=1S/C19H19BrO2/c1-3-18(14(2)13-15-7-5-4-6-8-15)22-19(21)16-9-11-17(20)12-10-16/h4-13,18H,3H2,1-2H3/b14-13+/t18-/m1/s1. The average molecular weight is 359 g/mol. The number of halogens is 1. The summed E-state index contributed by atoms with van der Waals surface area (Å²) in [5.74, 6) is -0.292. The van der Waals surface area contributed by atoms with E-state index in [1.807, 2.05) is 56.3 Å². The van der Waals surface area contributed by atoms with E-state index in [1.54, 1.807) is 12.1 Å². The smallest absolute Gasteiger partial charge is 0.338 e. The van der Waals surface area contributed by atoms with Gasteiger partial charge in [0, 0.05) is 4.47 Å². The van der Waals surface area contributed by atoms with Crippen LogP contribution in [0.25, 0.3) is 6.08 Å². The Labute approximate surface area is 139 Å². The zero-order chi connectivity index (χ0) is 15.9. The monoisotopic (exact) mass is 358 g/mol. The van der Waals surface area contributed by atoms with Crippen LogP contribution >= 0.6 is 15.9 Å². The van der Waals surface area contributed by atoms with Gasteiger partial charge in [0.15, 0.2) is 0 Å². The summed E-state index contributed by atoms with van der Waals surface area (Å²) in [7, 11) is 0.